The van der Waals surface area contributed by atoms with Gasteiger partial charge in [-0.05, 0) is 19.1 Å². The number of carbonyl (C=O) groups is 2. The van der Waals surface area contributed by atoms with Crippen molar-refractivity contribution in [3.8, 4) is 0 Å². The minimum atomic E-state index is -0.682. The van der Waals surface area contributed by atoms with E-state index in [0.29, 0.717) is 25.3 Å². The number of nitrogens with one attached hydrogen (secondary N) is 3. The third-order valence-corrected chi connectivity index (χ3v) is 3.08. The summed E-state index contributed by atoms with van der Waals surface area (Å²) in [4.78, 5) is 23.2. The van der Waals surface area contributed by atoms with Gasteiger partial charge in [0.25, 0.3) is 5.91 Å². The Morgan fingerprint density at radius 2 is 1.96 bits per heavy atom. The highest BCUT2D eigenvalue weighted by Gasteiger charge is 2.15. The van der Waals surface area contributed by atoms with Gasteiger partial charge in [-0.1, -0.05) is 18.2 Å². The number of hydrogen-bond acceptors (Lipinski definition) is 4. The molecule has 0 unspecified atom stereocenters. The zero-order chi connectivity index (χ0) is 16.7. The Morgan fingerprint density at radius 1 is 1.22 bits per heavy atom. The number of urea groups is 1. The molecule has 0 fully saturated rings. The zero-order valence-electron chi connectivity index (χ0n) is 12.9. The predicted molar refractivity (Wildman–Crippen MR) is 88.4 cm³/mol. The van der Waals surface area contributed by atoms with Gasteiger partial charge in [0.15, 0.2) is 5.69 Å². The molecule has 0 radical (unpaired) electrons. The van der Waals surface area contributed by atoms with E-state index in [4.69, 9.17) is 5.73 Å². The lowest BCUT2D eigenvalue weighted by atomic mass is 10.3. The van der Waals surface area contributed by atoms with Gasteiger partial charge in [-0.2, -0.15) is 5.10 Å². The second kappa shape index (κ2) is 7.83. The molecular formula is C15H20N6O2. The molecule has 23 heavy (non-hydrogen) atoms. The van der Waals surface area contributed by atoms with Crippen LogP contribution in [-0.2, 0) is 6.54 Å². The molecule has 0 saturated carbocycles. The maximum Gasteiger partial charge on any atom is 0.319 e. The van der Waals surface area contributed by atoms with Gasteiger partial charge in [-0.3, -0.25) is 9.48 Å². The van der Waals surface area contributed by atoms with Gasteiger partial charge in [0.1, 0.15) is 0 Å². The molecule has 5 N–H and O–H groups in total. The number of nitrogens with two attached hydrogens (primary N) is 1. The van der Waals surface area contributed by atoms with Crippen LogP contribution in [0.25, 0.3) is 0 Å². The topological polar surface area (TPSA) is 114 Å². The molecule has 2 aromatic rings. The quantitative estimate of drug-likeness (QED) is 0.575. The number of primary amides is 1. The number of hydrogen-bond donors (Lipinski definition) is 4. The van der Waals surface area contributed by atoms with E-state index in [9.17, 15) is 9.59 Å². The van der Waals surface area contributed by atoms with Crippen molar-refractivity contribution in [2.75, 3.05) is 23.7 Å². The van der Waals surface area contributed by atoms with Gasteiger partial charge in [-0.25, -0.2) is 4.79 Å². The van der Waals surface area contributed by atoms with Crippen LogP contribution in [0.5, 0.6) is 0 Å². The Hall–Kier alpha value is -3.03. The molecule has 0 spiro atoms. The molecule has 0 aliphatic rings. The van der Waals surface area contributed by atoms with Crippen molar-refractivity contribution in [3.05, 3.63) is 42.2 Å². The number of rotatable bonds is 7. The predicted octanol–water partition coefficient (Wildman–Crippen LogP) is 1.24. The molecule has 2 rings (SSSR count). The van der Waals surface area contributed by atoms with Gasteiger partial charge < -0.3 is 21.7 Å². The summed E-state index contributed by atoms with van der Waals surface area (Å²) in [5, 5.41) is 12.5. The zero-order valence-corrected chi connectivity index (χ0v) is 12.9. The van der Waals surface area contributed by atoms with Crippen molar-refractivity contribution in [3.63, 3.8) is 0 Å². The number of anilines is 2. The highest BCUT2D eigenvalue weighted by molar-refractivity contribution is 6.01. The van der Waals surface area contributed by atoms with E-state index >= 15 is 0 Å². The van der Waals surface area contributed by atoms with E-state index in [1.54, 1.807) is 6.20 Å². The molecule has 0 bridgehead atoms. The molecule has 122 valence electrons. The van der Waals surface area contributed by atoms with Gasteiger partial charge in [0, 0.05) is 31.5 Å². The first-order valence-electron chi connectivity index (χ1n) is 7.31. The van der Waals surface area contributed by atoms with E-state index in [0.717, 1.165) is 5.69 Å². The van der Waals surface area contributed by atoms with Crippen LogP contribution in [0.15, 0.2) is 36.5 Å². The lowest BCUT2D eigenvalue weighted by molar-refractivity contribution is 0.0995. The Morgan fingerprint density at radius 3 is 2.61 bits per heavy atom. The second-order valence-electron chi connectivity index (χ2n) is 4.79. The van der Waals surface area contributed by atoms with E-state index in [1.807, 2.05) is 37.3 Å². The van der Waals surface area contributed by atoms with Crippen molar-refractivity contribution < 1.29 is 9.59 Å². The number of amides is 3. The average molecular weight is 316 g/mol. The highest BCUT2D eigenvalue weighted by atomic mass is 16.2. The number of benzene rings is 1. The van der Waals surface area contributed by atoms with Gasteiger partial charge in [-0.15, -0.1) is 0 Å². The molecule has 1 heterocycles. The molecule has 8 heteroatoms. The first kappa shape index (κ1) is 16.3. The summed E-state index contributed by atoms with van der Waals surface area (Å²) in [5.41, 5.74) is 6.57. The Bertz CT molecular complexity index is 668. The summed E-state index contributed by atoms with van der Waals surface area (Å²) in [6.45, 7) is 3.45. The highest BCUT2D eigenvalue weighted by Crippen LogP contribution is 2.12. The fourth-order valence-electron chi connectivity index (χ4n) is 1.96. The SMILES string of the molecule is CCn1cc(NC(=O)NCCNc2ccccc2)c(C(N)=O)n1. The molecule has 1 aromatic carbocycles. The van der Waals surface area contributed by atoms with Gasteiger partial charge in [0.05, 0.1) is 5.69 Å². The third kappa shape index (κ3) is 4.73. The van der Waals surface area contributed by atoms with Crippen molar-refractivity contribution in [2.45, 2.75) is 13.5 Å². The Labute approximate surface area is 134 Å². The van der Waals surface area contributed by atoms with Gasteiger partial charge >= 0.3 is 6.03 Å². The summed E-state index contributed by atoms with van der Waals surface area (Å²) in [6.07, 6.45) is 1.57. The van der Waals surface area contributed by atoms with Gasteiger partial charge in [0.2, 0.25) is 0 Å². The largest absolute Gasteiger partial charge is 0.383 e. The normalized spacial score (nSPS) is 10.1. The Balaban J connectivity index is 1.81. The van der Waals surface area contributed by atoms with Crippen LogP contribution < -0.4 is 21.7 Å². The minimum absolute atomic E-state index is 0.0458. The van der Waals surface area contributed by atoms with Crippen molar-refractivity contribution in [1.29, 1.82) is 0 Å². The number of aryl methyl sites for hydroxylation is 1. The molecular weight excluding hydrogens is 296 g/mol. The van der Waals surface area contributed by atoms with Crippen LogP contribution in [0.2, 0.25) is 0 Å². The number of aromatic nitrogens is 2. The van der Waals surface area contributed by atoms with E-state index in [2.05, 4.69) is 21.0 Å². The fourth-order valence-corrected chi connectivity index (χ4v) is 1.96. The molecule has 0 atom stereocenters. The summed E-state index contributed by atoms with van der Waals surface area (Å²) in [5.74, 6) is -0.682. The third-order valence-electron chi connectivity index (χ3n) is 3.08. The second-order valence-corrected chi connectivity index (χ2v) is 4.79. The van der Waals surface area contributed by atoms with E-state index in [-0.39, 0.29) is 5.69 Å². The molecule has 0 aliphatic heterocycles. The first-order chi connectivity index (χ1) is 11.1. The minimum Gasteiger partial charge on any atom is -0.383 e. The first-order valence-corrected chi connectivity index (χ1v) is 7.31. The molecule has 8 nitrogen and oxygen atoms in total. The van der Waals surface area contributed by atoms with Crippen LogP contribution in [-0.4, -0.2) is 34.8 Å². The van der Waals surface area contributed by atoms with E-state index in [1.165, 1.54) is 4.68 Å². The van der Waals surface area contributed by atoms with Crippen molar-refractivity contribution >= 4 is 23.3 Å². The maximum absolute atomic E-state index is 11.9. The van der Waals surface area contributed by atoms with Crippen LogP contribution >= 0.6 is 0 Å². The maximum atomic E-state index is 11.9. The standard InChI is InChI=1S/C15H20N6O2/c1-2-21-10-12(13(20-21)14(16)22)19-15(23)18-9-8-17-11-6-4-3-5-7-11/h3-7,10,17H,2,8-9H2,1H3,(H2,16,22)(H2,18,19,23). The van der Waals surface area contributed by atoms with E-state index < -0.39 is 11.9 Å². The van der Waals surface area contributed by atoms with Crippen LogP contribution in [0.1, 0.15) is 17.4 Å². The van der Waals surface area contributed by atoms with Crippen LogP contribution in [0.4, 0.5) is 16.2 Å². The fraction of sp³-hybridized carbons (Fsp3) is 0.267. The summed E-state index contributed by atoms with van der Waals surface area (Å²) in [6, 6.07) is 9.26. The lowest BCUT2D eigenvalue weighted by Crippen LogP contribution is -2.33. The monoisotopic (exact) mass is 316 g/mol. The Kier molecular flexibility index (Phi) is 5.56. The molecule has 0 aliphatic carbocycles. The van der Waals surface area contributed by atoms with Crippen LogP contribution in [0, 0.1) is 0 Å². The molecule has 1 aromatic heterocycles. The smallest absolute Gasteiger partial charge is 0.319 e. The summed E-state index contributed by atoms with van der Waals surface area (Å²) >= 11 is 0. The molecule has 3 amide bonds. The van der Waals surface area contributed by atoms with Crippen LogP contribution in [0.3, 0.4) is 0 Å². The average Bonchev–Trinajstić information content (AvgIpc) is 2.96. The number of carbonyl (C=O) groups excluding carboxylic acids is 2. The number of para-hydroxylation sites is 1. The summed E-state index contributed by atoms with van der Waals surface area (Å²) < 4.78 is 1.53. The molecule has 0 saturated heterocycles. The summed E-state index contributed by atoms with van der Waals surface area (Å²) in [7, 11) is 0. The lowest BCUT2D eigenvalue weighted by Gasteiger charge is -2.08. The van der Waals surface area contributed by atoms with Crippen molar-refractivity contribution in [1.82, 2.24) is 15.1 Å². The van der Waals surface area contributed by atoms with Crippen molar-refractivity contribution in [2.24, 2.45) is 5.73 Å². The number of nitrogens with zero attached hydrogens (tertiary/aromatic N) is 2.